The summed E-state index contributed by atoms with van der Waals surface area (Å²) in [6.07, 6.45) is 0. The van der Waals surface area contributed by atoms with E-state index in [1.165, 1.54) is 0 Å². The minimum atomic E-state index is -0.297. The second-order valence-corrected chi connectivity index (χ2v) is 4.40. The maximum absolute atomic E-state index is 11.2. The molecule has 0 bridgehead atoms. The lowest BCUT2D eigenvalue weighted by molar-refractivity contribution is -0.116. The van der Waals surface area contributed by atoms with Gasteiger partial charge < -0.3 is 4.74 Å². The molecule has 1 unspecified atom stereocenters. The highest BCUT2D eigenvalue weighted by molar-refractivity contribution is 9.09. The van der Waals surface area contributed by atoms with Crippen molar-refractivity contribution in [2.45, 2.75) is 17.6 Å². The molecule has 0 amide bonds. The van der Waals surface area contributed by atoms with Gasteiger partial charge in [-0.2, -0.15) is 0 Å². The van der Waals surface area contributed by atoms with E-state index < -0.39 is 0 Å². The van der Waals surface area contributed by atoms with E-state index in [0.717, 1.165) is 11.1 Å². The molecule has 0 saturated heterocycles. The summed E-state index contributed by atoms with van der Waals surface area (Å²) in [6, 6.07) is 5.59. The van der Waals surface area contributed by atoms with Gasteiger partial charge in [-0.05, 0) is 30.2 Å². The molecule has 2 nitrogen and oxygen atoms in total. The maximum atomic E-state index is 11.2. The zero-order valence-corrected chi connectivity index (χ0v) is 10.9. The van der Waals surface area contributed by atoms with Crippen LogP contribution in [-0.4, -0.2) is 12.9 Å². The van der Waals surface area contributed by atoms with Crippen LogP contribution in [-0.2, 0) is 10.7 Å². The van der Waals surface area contributed by atoms with Crippen molar-refractivity contribution in [2.75, 3.05) is 7.11 Å². The van der Waals surface area contributed by atoms with Gasteiger partial charge in [0.1, 0.15) is 11.5 Å². The third-order valence-corrected chi connectivity index (χ3v) is 3.51. The summed E-state index contributed by atoms with van der Waals surface area (Å²) in [5, 5.41) is 0. The number of alkyl halides is 2. The molecule has 82 valence electrons. The van der Waals surface area contributed by atoms with Crippen LogP contribution in [0.5, 0.6) is 5.75 Å². The monoisotopic (exact) mass is 290 g/mol. The van der Waals surface area contributed by atoms with Crippen molar-refractivity contribution >= 4 is 33.3 Å². The van der Waals surface area contributed by atoms with Gasteiger partial charge in [-0.15, -0.1) is 11.6 Å². The number of hydrogen-bond acceptors (Lipinski definition) is 2. The van der Waals surface area contributed by atoms with Crippen LogP contribution in [0.4, 0.5) is 0 Å². The fraction of sp³-hybridized carbons (Fsp3) is 0.364. The Kier molecular flexibility index (Phi) is 4.61. The van der Waals surface area contributed by atoms with Gasteiger partial charge in [-0.1, -0.05) is 22.0 Å². The molecule has 0 aliphatic rings. The average Bonchev–Trinajstić information content (AvgIpc) is 2.27. The fourth-order valence-corrected chi connectivity index (χ4v) is 1.68. The average molecular weight is 292 g/mol. The number of carbonyl (C=O) groups is 1. The van der Waals surface area contributed by atoms with Gasteiger partial charge in [0.05, 0.1) is 11.9 Å². The molecule has 0 aliphatic heterocycles. The lowest BCUT2D eigenvalue weighted by Gasteiger charge is -2.10. The Morgan fingerprint density at radius 1 is 1.53 bits per heavy atom. The number of ketones is 1. The Hall–Kier alpha value is -0.540. The van der Waals surface area contributed by atoms with Crippen LogP contribution in [0.3, 0.4) is 0 Å². The fourth-order valence-electron chi connectivity index (χ4n) is 1.26. The number of methoxy groups -OCH3 is 1. The van der Waals surface area contributed by atoms with Crippen LogP contribution in [0, 0.1) is 0 Å². The summed E-state index contributed by atoms with van der Waals surface area (Å²) in [5.41, 5.74) is 1.81. The van der Waals surface area contributed by atoms with E-state index in [9.17, 15) is 4.79 Å². The minimum Gasteiger partial charge on any atom is -0.497 e. The zero-order valence-electron chi connectivity index (χ0n) is 8.59. The molecule has 1 rings (SSSR count). The van der Waals surface area contributed by atoms with Crippen LogP contribution in [0.2, 0.25) is 0 Å². The van der Waals surface area contributed by atoms with E-state index in [0.29, 0.717) is 11.6 Å². The maximum Gasteiger partial charge on any atom is 0.147 e. The molecule has 0 aromatic heterocycles. The summed E-state index contributed by atoms with van der Waals surface area (Å²) < 4.78 is 5.14. The molecule has 0 N–H and O–H groups in total. The summed E-state index contributed by atoms with van der Waals surface area (Å²) >= 11 is 9.09. The molecule has 0 saturated carbocycles. The van der Waals surface area contributed by atoms with E-state index in [1.807, 2.05) is 18.2 Å². The number of ether oxygens (including phenoxy) is 1. The van der Waals surface area contributed by atoms with Crippen molar-refractivity contribution in [3.63, 3.8) is 0 Å². The molecule has 1 aromatic rings. The summed E-state index contributed by atoms with van der Waals surface area (Å²) in [6.45, 7) is 1.54. The Morgan fingerprint density at radius 2 is 2.20 bits per heavy atom. The van der Waals surface area contributed by atoms with E-state index in [2.05, 4.69) is 15.9 Å². The molecule has 0 aliphatic carbocycles. The predicted molar refractivity (Wildman–Crippen MR) is 64.9 cm³/mol. The van der Waals surface area contributed by atoms with Gasteiger partial charge in [-0.25, -0.2) is 0 Å². The van der Waals surface area contributed by atoms with E-state index in [4.69, 9.17) is 16.3 Å². The SMILES string of the molecule is COc1cc(CCl)cc(C(Br)C(C)=O)c1. The number of benzene rings is 1. The lowest BCUT2D eigenvalue weighted by atomic mass is 10.1. The van der Waals surface area contributed by atoms with Gasteiger partial charge in [0, 0.05) is 5.88 Å². The van der Waals surface area contributed by atoms with Crippen LogP contribution >= 0.6 is 27.5 Å². The standard InChI is InChI=1S/C11H12BrClO2/c1-7(14)11(12)9-3-8(6-13)4-10(5-9)15-2/h3-5,11H,6H2,1-2H3. The minimum absolute atomic E-state index is 0.0591. The number of rotatable bonds is 4. The van der Waals surface area contributed by atoms with E-state index in [-0.39, 0.29) is 10.6 Å². The predicted octanol–water partition coefficient (Wildman–Crippen LogP) is 3.46. The van der Waals surface area contributed by atoms with Crippen LogP contribution in [0.15, 0.2) is 18.2 Å². The highest BCUT2D eigenvalue weighted by Crippen LogP contribution is 2.28. The largest absolute Gasteiger partial charge is 0.497 e. The first-order valence-corrected chi connectivity index (χ1v) is 5.92. The summed E-state index contributed by atoms with van der Waals surface area (Å²) in [5.74, 6) is 1.18. The van der Waals surface area contributed by atoms with Crippen LogP contribution < -0.4 is 4.74 Å². The Labute approximate surface area is 103 Å². The molecule has 15 heavy (non-hydrogen) atoms. The van der Waals surface area contributed by atoms with Crippen LogP contribution in [0.25, 0.3) is 0 Å². The van der Waals surface area contributed by atoms with Crippen molar-refractivity contribution in [3.05, 3.63) is 29.3 Å². The smallest absolute Gasteiger partial charge is 0.147 e. The molecule has 0 fully saturated rings. The quantitative estimate of drug-likeness (QED) is 0.794. The van der Waals surface area contributed by atoms with Crippen molar-refractivity contribution in [1.82, 2.24) is 0 Å². The summed E-state index contributed by atoms with van der Waals surface area (Å²) in [7, 11) is 1.59. The van der Waals surface area contributed by atoms with Crippen molar-refractivity contribution in [3.8, 4) is 5.75 Å². The molecule has 0 heterocycles. The van der Waals surface area contributed by atoms with Crippen LogP contribution in [0.1, 0.15) is 22.9 Å². The van der Waals surface area contributed by atoms with E-state index >= 15 is 0 Å². The highest BCUT2D eigenvalue weighted by Gasteiger charge is 2.14. The number of halogens is 2. The third kappa shape index (κ3) is 3.21. The lowest BCUT2D eigenvalue weighted by Crippen LogP contribution is -2.02. The molecule has 4 heteroatoms. The van der Waals surface area contributed by atoms with Crippen molar-refractivity contribution in [1.29, 1.82) is 0 Å². The van der Waals surface area contributed by atoms with Gasteiger partial charge in [-0.3, -0.25) is 4.79 Å². The molecular formula is C11H12BrClO2. The third-order valence-electron chi connectivity index (χ3n) is 2.03. The first-order chi connectivity index (χ1) is 7.08. The second-order valence-electron chi connectivity index (χ2n) is 3.22. The highest BCUT2D eigenvalue weighted by atomic mass is 79.9. The first-order valence-electron chi connectivity index (χ1n) is 4.46. The zero-order chi connectivity index (χ0) is 11.4. The number of carbonyl (C=O) groups excluding carboxylic acids is 1. The van der Waals surface area contributed by atoms with Gasteiger partial charge in [0.25, 0.3) is 0 Å². The topological polar surface area (TPSA) is 26.3 Å². The molecule has 0 radical (unpaired) electrons. The molecular weight excluding hydrogens is 279 g/mol. The van der Waals surface area contributed by atoms with Gasteiger partial charge in [0.15, 0.2) is 0 Å². The number of hydrogen-bond donors (Lipinski definition) is 0. The first kappa shape index (κ1) is 12.5. The van der Waals surface area contributed by atoms with Crippen molar-refractivity contribution in [2.24, 2.45) is 0 Å². The number of Topliss-reactive ketones (excluding diaryl/α,β-unsaturated/α-hetero) is 1. The normalized spacial score (nSPS) is 12.3. The molecule has 1 aromatic carbocycles. The van der Waals surface area contributed by atoms with Gasteiger partial charge >= 0.3 is 0 Å². The van der Waals surface area contributed by atoms with Crippen molar-refractivity contribution < 1.29 is 9.53 Å². The molecule has 0 spiro atoms. The Morgan fingerprint density at radius 3 is 2.67 bits per heavy atom. The Balaban J connectivity index is 3.11. The Bertz CT molecular complexity index is 343. The molecule has 1 atom stereocenters. The van der Waals surface area contributed by atoms with E-state index in [1.54, 1.807) is 14.0 Å². The second kappa shape index (κ2) is 5.52. The summed E-state index contributed by atoms with van der Waals surface area (Å²) in [4.78, 5) is 10.9. The van der Waals surface area contributed by atoms with Gasteiger partial charge in [0.2, 0.25) is 0 Å².